The molecule has 0 aliphatic heterocycles. The van der Waals surface area contributed by atoms with Gasteiger partial charge in [0, 0.05) is 0 Å². The quantitative estimate of drug-likeness (QED) is 0.305. The molecule has 0 radical (unpaired) electrons. The number of fused-ring (bicyclic) bond motifs is 2. The largest absolute Gasteiger partial charge is 0.486 e. The Morgan fingerprint density at radius 3 is 2.39 bits per heavy atom. The van der Waals surface area contributed by atoms with Crippen molar-refractivity contribution in [1.29, 1.82) is 0 Å². The predicted molar refractivity (Wildman–Crippen MR) is 128 cm³/mol. The van der Waals surface area contributed by atoms with E-state index < -0.39 is 0 Å². The molecule has 0 aliphatic carbocycles. The van der Waals surface area contributed by atoms with Crippen LogP contribution in [0.15, 0.2) is 91.0 Å². The van der Waals surface area contributed by atoms with Crippen LogP contribution >= 0.6 is 0 Å². The van der Waals surface area contributed by atoms with E-state index in [2.05, 4.69) is 91.2 Å². The molecule has 0 aliphatic rings. The van der Waals surface area contributed by atoms with Crippen LogP contribution in [0.4, 0.5) is 0 Å². The summed E-state index contributed by atoms with van der Waals surface area (Å²) in [5, 5.41) is 2.53. The molecule has 1 aromatic heterocycles. The summed E-state index contributed by atoms with van der Waals surface area (Å²) < 4.78 is 8.42. The molecule has 1 heterocycles. The second kappa shape index (κ2) is 8.27. The summed E-state index contributed by atoms with van der Waals surface area (Å²) in [4.78, 5) is 4.89. The van der Waals surface area contributed by atoms with Gasteiger partial charge in [0.05, 0.1) is 17.6 Å². The Bertz CT molecular complexity index is 1330. The van der Waals surface area contributed by atoms with Crippen molar-refractivity contribution in [2.75, 3.05) is 0 Å². The fourth-order valence-corrected chi connectivity index (χ4v) is 4.11. The van der Waals surface area contributed by atoms with Crippen molar-refractivity contribution in [3.8, 4) is 5.75 Å². The minimum atomic E-state index is 0.431. The van der Waals surface area contributed by atoms with Crippen LogP contribution in [0.25, 0.3) is 21.8 Å². The molecule has 0 fully saturated rings. The van der Waals surface area contributed by atoms with E-state index in [1.807, 2.05) is 18.2 Å². The van der Waals surface area contributed by atoms with E-state index in [1.54, 1.807) is 0 Å². The van der Waals surface area contributed by atoms with Gasteiger partial charge in [-0.2, -0.15) is 0 Å². The van der Waals surface area contributed by atoms with Crippen molar-refractivity contribution in [1.82, 2.24) is 9.55 Å². The first-order valence-corrected chi connectivity index (χ1v) is 10.8. The van der Waals surface area contributed by atoms with Gasteiger partial charge < -0.3 is 9.30 Å². The van der Waals surface area contributed by atoms with Crippen LogP contribution in [0, 0.1) is 0 Å². The molecule has 154 valence electrons. The number of hydrogen-bond donors (Lipinski definition) is 0. The summed E-state index contributed by atoms with van der Waals surface area (Å²) in [6, 6.07) is 31.7. The summed E-state index contributed by atoms with van der Waals surface area (Å²) in [6.45, 7) is 5.59. The van der Waals surface area contributed by atoms with Gasteiger partial charge in [-0.25, -0.2) is 4.98 Å². The molecule has 3 heteroatoms. The molecule has 0 unspecified atom stereocenters. The van der Waals surface area contributed by atoms with E-state index >= 15 is 0 Å². The van der Waals surface area contributed by atoms with Gasteiger partial charge in [-0.15, -0.1) is 0 Å². The zero-order valence-corrected chi connectivity index (χ0v) is 18.0. The standard InChI is InChI=1S/C28H26N2O/c1-20(2)21-14-16-24(17-15-21)31-19-28-29-26-12-5-6-13-27(26)30(28)18-23-10-7-9-22-8-3-4-11-25(22)23/h3-17,20H,18-19H2,1-2H3. The second-order valence-electron chi connectivity index (χ2n) is 8.25. The van der Waals surface area contributed by atoms with Crippen LogP contribution in [0.3, 0.4) is 0 Å². The Hall–Kier alpha value is -3.59. The third-order valence-corrected chi connectivity index (χ3v) is 5.86. The van der Waals surface area contributed by atoms with E-state index in [4.69, 9.17) is 9.72 Å². The highest BCUT2D eigenvalue weighted by atomic mass is 16.5. The van der Waals surface area contributed by atoms with Crippen LogP contribution in [0.5, 0.6) is 5.75 Å². The third-order valence-electron chi connectivity index (χ3n) is 5.86. The molecule has 0 amide bonds. The lowest BCUT2D eigenvalue weighted by molar-refractivity contribution is 0.291. The van der Waals surface area contributed by atoms with Gasteiger partial charge in [0.15, 0.2) is 0 Å². The van der Waals surface area contributed by atoms with Crippen LogP contribution in [-0.4, -0.2) is 9.55 Å². The Kier molecular flexibility index (Phi) is 5.17. The Labute approximate surface area is 182 Å². The molecule has 0 saturated heterocycles. The molecular formula is C28H26N2O. The fraction of sp³-hybridized carbons (Fsp3) is 0.179. The first-order valence-electron chi connectivity index (χ1n) is 10.8. The first kappa shape index (κ1) is 19.4. The van der Waals surface area contributed by atoms with Gasteiger partial charge in [0.2, 0.25) is 0 Å². The van der Waals surface area contributed by atoms with Crippen molar-refractivity contribution in [2.45, 2.75) is 32.9 Å². The van der Waals surface area contributed by atoms with Crippen LogP contribution < -0.4 is 4.74 Å². The normalized spacial score (nSPS) is 11.5. The molecule has 0 bridgehead atoms. The second-order valence-corrected chi connectivity index (χ2v) is 8.25. The molecule has 0 N–H and O–H groups in total. The summed E-state index contributed by atoms with van der Waals surface area (Å²) in [7, 11) is 0. The van der Waals surface area contributed by atoms with E-state index in [0.717, 1.165) is 29.2 Å². The van der Waals surface area contributed by atoms with Crippen molar-refractivity contribution in [3.05, 3.63) is 108 Å². The topological polar surface area (TPSA) is 27.1 Å². The summed E-state index contributed by atoms with van der Waals surface area (Å²) >= 11 is 0. The number of ether oxygens (including phenoxy) is 1. The zero-order valence-electron chi connectivity index (χ0n) is 18.0. The van der Waals surface area contributed by atoms with Gasteiger partial charge in [0.1, 0.15) is 18.2 Å². The van der Waals surface area contributed by atoms with Crippen LogP contribution in [0.2, 0.25) is 0 Å². The van der Waals surface area contributed by atoms with E-state index in [-0.39, 0.29) is 0 Å². The maximum Gasteiger partial charge on any atom is 0.148 e. The molecule has 0 atom stereocenters. The van der Waals surface area contributed by atoms with Crippen molar-refractivity contribution < 1.29 is 4.74 Å². The van der Waals surface area contributed by atoms with Gasteiger partial charge in [-0.05, 0) is 52.1 Å². The average Bonchev–Trinajstić information content (AvgIpc) is 3.15. The Balaban J connectivity index is 1.48. The summed E-state index contributed by atoms with van der Waals surface area (Å²) in [5.41, 5.74) is 4.72. The Morgan fingerprint density at radius 1 is 0.806 bits per heavy atom. The lowest BCUT2D eigenvalue weighted by Gasteiger charge is -2.13. The van der Waals surface area contributed by atoms with Gasteiger partial charge >= 0.3 is 0 Å². The highest BCUT2D eigenvalue weighted by Gasteiger charge is 2.13. The van der Waals surface area contributed by atoms with Gasteiger partial charge in [-0.1, -0.05) is 80.6 Å². The van der Waals surface area contributed by atoms with Gasteiger partial charge in [0.25, 0.3) is 0 Å². The monoisotopic (exact) mass is 406 g/mol. The first-order chi connectivity index (χ1) is 15.2. The lowest BCUT2D eigenvalue weighted by atomic mass is 10.0. The number of aromatic nitrogens is 2. The molecule has 31 heavy (non-hydrogen) atoms. The van der Waals surface area contributed by atoms with Crippen LogP contribution in [0.1, 0.15) is 36.7 Å². The van der Waals surface area contributed by atoms with Gasteiger partial charge in [-0.3, -0.25) is 0 Å². The third kappa shape index (κ3) is 3.91. The SMILES string of the molecule is CC(C)c1ccc(OCc2nc3ccccc3n2Cc2cccc3ccccc23)cc1. The highest BCUT2D eigenvalue weighted by molar-refractivity contribution is 5.86. The molecule has 0 saturated carbocycles. The summed E-state index contributed by atoms with van der Waals surface area (Å²) in [6.07, 6.45) is 0. The molecule has 4 aromatic carbocycles. The molecule has 3 nitrogen and oxygen atoms in total. The number of para-hydroxylation sites is 2. The average molecular weight is 407 g/mol. The molecule has 5 aromatic rings. The Morgan fingerprint density at radius 2 is 1.55 bits per heavy atom. The number of imidazole rings is 1. The molecule has 0 spiro atoms. The van der Waals surface area contributed by atoms with Crippen molar-refractivity contribution in [2.24, 2.45) is 0 Å². The maximum absolute atomic E-state index is 6.14. The van der Waals surface area contributed by atoms with E-state index in [1.165, 1.54) is 21.9 Å². The lowest BCUT2D eigenvalue weighted by Crippen LogP contribution is -2.09. The number of nitrogens with zero attached hydrogens (tertiary/aromatic N) is 2. The number of hydrogen-bond acceptors (Lipinski definition) is 2. The smallest absolute Gasteiger partial charge is 0.148 e. The van der Waals surface area contributed by atoms with Crippen molar-refractivity contribution >= 4 is 21.8 Å². The predicted octanol–water partition coefficient (Wildman–Crippen LogP) is 6.94. The minimum Gasteiger partial charge on any atom is -0.486 e. The number of rotatable bonds is 6. The maximum atomic E-state index is 6.14. The van der Waals surface area contributed by atoms with E-state index in [9.17, 15) is 0 Å². The fourth-order valence-electron chi connectivity index (χ4n) is 4.11. The van der Waals surface area contributed by atoms with E-state index in [0.29, 0.717) is 12.5 Å². The highest BCUT2D eigenvalue weighted by Crippen LogP contribution is 2.24. The van der Waals surface area contributed by atoms with Crippen LogP contribution in [-0.2, 0) is 13.2 Å². The molecular weight excluding hydrogens is 380 g/mol. The minimum absolute atomic E-state index is 0.431. The zero-order chi connectivity index (χ0) is 21.2. The number of benzene rings is 4. The van der Waals surface area contributed by atoms with Crippen molar-refractivity contribution in [3.63, 3.8) is 0 Å². The summed E-state index contributed by atoms with van der Waals surface area (Å²) in [5.74, 6) is 2.31. The molecule has 5 rings (SSSR count).